The van der Waals surface area contributed by atoms with E-state index in [0.717, 1.165) is 11.4 Å². The molecule has 160 valence electrons. The molecule has 2 aromatic carbocycles. The molecular weight excluding hydrogens is 420 g/mol. The number of anilines is 1. The van der Waals surface area contributed by atoms with E-state index in [0.29, 0.717) is 22.1 Å². The standard InChI is InChI=1S/C22H27ClN4O2S/c1-14(2)27-15(3)24-25-21(27)19-13-17(23)9-12-20(19)26-30(28,29)18-10-7-16(8-11-18)22(4,5)6/h7-14,26H,1-6H3. The first-order valence-corrected chi connectivity index (χ1v) is 11.6. The second kappa shape index (κ2) is 8.04. The van der Waals surface area contributed by atoms with Crippen LogP contribution in [-0.4, -0.2) is 23.2 Å². The number of aromatic nitrogens is 3. The number of aryl methyl sites for hydroxylation is 1. The smallest absolute Gasteiger partial charge is 0.261 e. The van der Waals surface area contributed by atoms with E-state index >= 15 is 0 Å². The van der Waals surface area contributed by atoms with Crippen molar-refractivity contribution in [1.29, 1.82) is 0 Å². The summed E-state index contributed by atoms with van der Waals surface area (Å²) < 4.78 is 30.8. The topological polar surface area (TPSA) is 76.9 Å². The van der Waals surface area contributed by atoms with Crippen LogP contribution in [0.4, 0.5) is 5.69 Å². The van der Waals surface area contributed by atoms with E-state index in [2.05, 4.69) is 35.7 Å². The number of benzene rings is 2. The molecule has 1 N–H and O–H groups in total. The number of halogens is 1. The average Bonchev–Trinajstić information content (AvgIpc) is 3.04. The molecule has 0 amide bonds. The number of rotatable bonds is 5. The van der Waals surface area contributed by atoms with Crippen molar-refractivity contribution in [2.24, 2.45) is 0 Å². The van der Waals surface area contributed by atoms with Crippen molar-refractivity contribution in [3.63, 3.8) is 0 Å². The molecule has 0 bridgehead atoms. The summed E-state index contributed by atoms with van der Waals surface area (Å²) in [6.07, 6.45) is 0. The molecule has 0 saturated heterocycles. The largest absolute Gasteiger partial charge is 0.309 e. The van der Waals surface area contributed by atoms with Crippen molar-refractivity contribution in [2.75, 3.05) is 4.72 Å². The van der Waals surface area contributed by atoms with E-state index in [9.17, 15) is 8.42 Å². The van der Waals surface area contributed by atoms with Gasteiger partial charge in [0.1, 0.15) is 5.82 Å². The van der Waals surface area contributed by atoms with E-state index < -0.39 is 10.0 Å². The van der Waals surface area contributed by atoms with Crippen LogP contribution in [0.25, 0.3) is 11.4 Å². The van der Waals surface area contributed by atoms with Gasteiger partial charge in [-0.1, -0.05) is 44.5 Å². The Bertz CT molecular complexity index is 1160. The van der Waals surface area contributed by atoms with Crippen LogP contribution in [0.15, 0.2) is 47.4 Å². The molecule has 0 saturated carbocycles. The summed E-state index contributed by atoms with van der Waals surface area (Å²) in [6.45, 7) is 12.2. The maximum Gasteiger partial charge on any atom is 0.261 e. The summed E-state index contributed by atoms with van der Waals surface area (Å²) in [5.74, 6) is 1.30. The summed E-state index contributed by atoms with van der Waals surface area (Å²) in [5, 5.41) is 8.92. The predicted molar refractivity (Wildman–Crippen MR) is 122 cm³/mol. The molecule has 8 heteroatoms. The average molecular weight is 447 g/mol. The van der Waals surface area contributed by atoms with E-state index in [1.807, 2.05) is 37.5 Å². The predicted octanol–water partition coefficient (Wildman–Crippen LogP) is 5.59. The van der Waals surface area contributed by atoms with E-state index in [1.165, 1.54) is 0 Å². The van der Waals surface area contributed by atoms with Crippen molar-refractivity contribution in [3.8, 4) is 11.4 Å². The summed E-state index contributed by atoms with van der Waals surface area (Å²) in [7, 11) is -3.80. The molecule has 3 aromatic rings. The molecule has 0 aliphatic carbocycles. The van der Waals surface area contributed by atoms with E-state index in [-0.39, 0.29) is 16.4 Å². The fourth-order valence-corrected chi connectivity index (χ4v) is 4.55. The van der Waals surface area contributed by atoms with Gasteiger partial charge in [0, 0.05) is 16.6 Å². The highest BCUT2D eigenvalue weighted by Crippen LogP contribution is 2.33. The first-order chi connectivity index (χ1) is 13.9. The zero-order valence-corrected chi connectivity index (χ0v) is 19.6. The lowest BCUT2D eigenvalue weighted by atomic mass is 9.87. The second-order valence-corrected chi connectivity index (χ2v) is 10.7. The molecule has 1 aromatic heterocycles. The molecule has 30 heavy (non-hydrogen) atoms. The molecule has 0 spiro atoms. The third-order valence-corrected chi connectivity index (χ3v) is 6.50. The maximum atomic E-state index is 13.1. The fraction of sp³-hybridized carbons (Fsp3) is 0.364. The van der Waals surface area contributed by atoms with Gasteiger partial charge in [-0.05, 0) is 62.1 Å². The molecule has 3 rings (SSSR count). The molecule has 6 nitrogen and oxygen atoms in total. The van der Waals surface area contributed by atoms with Gasteiger partial charge in [0.15, 0.2) is 5.82 Å². The van der Waals surface area contributed by atoms with Gasteiger partial charge in [0.25, 0.3) is 10.0 Å². The lowest BCUT2D eigenvalue weighted by molar-refractivity contribution is 0.587. The molecule has 0 aliphatic heterocycles. The summed E-state index contributed by atoms with van der Waals surface area (Å²) >= 11 is 6.22. The molecule has 0 radical (unpaired) electrons. The van der Waals surface area contributed by atoms with Crippen LogP contribution in [0.3, 0.4) is 0 Å². The van der Waals surface area contributed by atoms with E-state index in [4.69, 9.17) is 11.6 Å². The molecule has 1 heterocycles. The van der Waals surface area contributed by atoms with Gasteiger partial charge in [0.05, 0.1) is 10.6 Å². The highest BCUT2D eigenvalue weighted by Gasteiger charge is 2.22. The normalized spacial score (nSPS) is 12.4. The van der Waals surface area contributed by atoms with Crippen LogP contribution < -0.4 is 4.72 Å². The monoisotopic (exact) mass is 446 g/mol. The Morgan fingerprint density at radius 1 is 1.03 bits per heavy atom. The van der Waals surface area contributed by atoms with Crippen LogP contribution in [0.5, 0.6) is 0 Å². The highest BCUT2D eigenvalue weighted by molar-refractivity contribution is 7.92. The van der Waals surface area contributed by atoms with E-state index in [1.54, 1.807) is 30.3 Å². The van der Waals surface area contributed by atoms with Gasteiger partial charge < -0.3 is 4.57 Å². The van der Waals surface area contributed by atoms with Gasteiger partial charge >= 0.3 is 0 Å². The molecule has 0 fully saturated rings. The van der Waals surface area contributed by atoms with Crippen molar-refractivity contribution in [3.05, 3.63) is 58.9 Å². The summed E-state index contributed by atoms with van der Waals surface area (Å²) in [6, 6.07) is 12.0. The Labute approximate surface area is 183 Å². The molecular formula is C22H27ClN4O2S. The van der Waals surface area contributed by atoms with Crippen molar-refractivity contribution in [1.82, 2.24) is 14.8 Å². The molecule has 0 atom stereocenters. The molecule has 0 aliphatic rings. The van der Waals surface area contributed by atoms with Crippen molar-refractivity contribution in [2.45, 2.75) is 57.9 Å². The first-order valence-electron chi connectivity index (χ1n) is 9.75. The third-order valence-electron chi connectivity index (χ3n) is 4.88. The number of nitrogens with zero attached hydrogens (tertiary/aromatic N) is 3. The minimum Gasteiger partial charge on any atom is -0.309 e. The Balaban J connectivity index is 2.04. The fourth-order valence-electron chi connectivity index (χ4n) is 3.30. The number of hydrogen-bond donors (Lipinski definition) is 1. The zero-order chi connectivity index (χ0) is 22.3. The van der Waals surface area contributed by atoms with Gasteiger partial charge in [-0.25, -0.2) is 8.42 Å². The lowest BCUT2D eigenvalue weighted by Gasteiger charge is -2.19. The van der Waals surface area contributed by atoms with Crippen LogP contribution in [0.1, 0.15) is 52.0 Å². The van der Waals surface area contributed by atoms with Gasteiger partial charge in [-0.2, -0.15) is 0 Å². The highest BCUT2D eigenvalue weighted by atomic mass is 35.5. The second-order valence-electron chi connectivity index (χ2n) is 8.60. The first kappa shape index (κ1) is 22.3. The lowest BCUT2D eigenvalue weighted by Crippen LogP contribution is -2.16. The van der Waals surface area contributed by atoms with Crippen LogP contribution >= 0.6 is 11.6 Å². The Morgan fingerprint density at radius 3 is 2.23 bits per heavy atom. The summed E-state index contributed by atoms with van der Waals surface area (Å²) in [4.78, 5) is 0.193. The van der Waals surface area contributed by atoms with Crippen LogP contribution in [-0.2, 0) is 15.4 Å². The van der Waals surface area contributed by atoms with Crippen LogP contribution in [0.2, 0.25) is 5.02 Å². The molecule has 0 unspecified atom stereocenters. The van der Waals surface area contributed by atoms with Gasteiger partial charge in [-0.15, -0.1) is 10.2 Å². The Kier molecular flexibility index (Phi) is 5.98. The number of nitrogens with one attached hydrogen (secondary N) is 1. The summed E-state index contributed by atoms with van der Waals surface area (Å²) in [5.41, 5.74) is 1.98. The number of sulfonamides is 1. The van der Waals surface area contributed by atoms with Gasteiger partial charge in [-0.3, -0.25) is 4.72 Å². The third kappa shape index (κ3) is 4.52. The van der Waals surface area contributed by atoms with Crippen LogP contribution in [0, 0.1) is 6.92 Å². The Hall–Kier alpha value is -2.38. The minimum atomic E-state index is -3.80. The van der Waals surface area contributed by atoms with Crippen molar-refractivity contribution < 1.29 is 8.42 Å². The SMILES string of the molecule is Cc1nnc(-c2cc(Cl)ccc2NS(=O)(=O)c2ccc(C(C)(C)C)cc2)n1C(C)C. The number of hydrogen-bond acceptors (Lipinski definition) is 4. The zero-order valence-electron chi connectivity index (χ0n) is 18.1. The minimum absolute atomic E-state index is 0.0577. The van der Waals surface area contributed by atoms with Crippen molar-refractivity contribution >= 4 is 27.3 Å². The quantitative estimate of drug-likeness (QED) is 0.554. The Morgan fingerprint density at radius 2 is 1.67 bits per heavy atom. The maximum absolute atomic E-state index is 13.1. The van der Waals surface area contributed by atoms with Gasteiger partial charge in [0.2, 0.25) is 0 Å².